The van der Waals surface area contributed by atoms with Gasteiger partial charge in [0.25, 0.3) is 15.9 Å². The number of benzene rings is 3. The predicted octanol–water partition coefficient (Wildman–Crippen LogP) is 4.76. The normalized spacial score (nSPS) is 11.1. The maximum atomic E-state index is 13.2. The Morgan fingerprint density at radius 3 is 2.24 bits per heavy atom. The number of hydrogen-bond acceptors (Lipinski definition) is 4. The molecular weight excluding hydrogens is 410 g/mol. The van der Waals surface area contributed by atoms with Gasteiger partial charge in [0.15, 0.2) is 6.61 Å². The van der Waals surface area contributed by atoms with Gasteiger partial charge >= 0.3 is 0 Å². The molecule has 0 saturated carbocycles. The van der Waals surface area contributed by atoms with Crippen LogP contribution in [0.2, 0.25) is 5.02 Å². The Morgan fingerprint density at radius 2 is 1.62 bits per heavy atom. The highest BCUT2D eigenvalue weighted by atomic mass is 35.5. The first-order valence-corrected chi connectivity index (χ1v) is 10.7. The molecular formula is C22H20ClNO4S. The van der Waals surface area contributed by atoms with Gasteiger partial charge in [-0.15, -0.1) is 0 Å². The Hall–Kier alpha value is -2.83. The van der Waals surface area contributed by atoms with E-state index in [9.17, 15) is 13.2 Å². The van der Waals surface area contributed by atoms with Crippen LogP contribution in [0, 0.1) is 13.8 Å². The van der Waals surface area contributed by atoms with Crippen LogP contribution < -0.4 is 9.04 Å². The average molecular weight is 430 g/mol. The summed E-state index contributed by atoms with van der Waals surface area (Å²) < 4.78 is 32.9. The second-order valence-corrected chi connectivity index (χ2v) is 8.73. The van der Waals surface area contributed by atoms with Crippen LogP contribution in [0.1, 0.15) is 11.1 Å². The Balaban J connectivity index is 1.93. The number of ether oxygens (including phenoxy) is 1. The molecule has 0 aromatic heterocycles. The number of sulfonamides is 1. The van der Waals surface area contributed by atoms with E-state index in [2.05, 4.69) is 0 Å². The van der Waals surface area contributed by atoms with E-state index in [1.165, 1.54) is 12.1 Å². The first-order valence-electron chi connectivity index (χ1n) is 8.88. The molecule has 0 aliphatic heterocycles. The molecule has 0 bridgehead atoms. The molecule has 0 atom stereocenters. The molecule has 0 spiro atoms. The van der Waals surface area contributed by atoms with Crippen LogP contribution in [-0.2, 0) is 14.8 Å². The van der Waals surface area contributed by atoms with E-state index in [-0.39, 0.29) is 10.6 Å². The Morgan fingerprint density at radius 1 is 0.966 bits per heavy atom. The van der Waals surface area contributed by atoms with Gasteiger partial charge in [-0.2, -0.15) is 4.31 Å². The van der Waals surface area contributed by atoms with Gasteiger partial charge in [0, 0.05) is 5.02 Å². The zero-order valence-electron chi connectivity index (χ0n) is 16.0. The summed E-state index contributed by atoms with van der Waals surface area (Å²) >= 11 is 5.94. The number of carbonyl (C=O) groups is 1. The number of anilines is 1. The van der Waals surface area contributed by atoms with Gasteiger partial charge in [-0.25, -0.2) is 8.42 Å². The van der Waals surface area contributed by atoms with Crippen molar-refractivity contribution < 1.29 is 17.9 Å². The zero-order chi connectivity index (χ0) is 21.0. The molecule has 3 rings (SSSR count). The Bertz CT molecular complexity index is 1110. The van der Waals surface area contributed by atoms with Crippen molar-refractivity contribution in [3.63, 3.8) is 0 Å². The number of halogens is 1. The maximum absolute atomic E-state index is 13.2. The van der Waals surface area contributed by atoms with E-state index in [4.69, 9.17) is 16.3 Å². The minimum Gasteiger partial charge on any atom is -0.483 e. The smallest absolute Gasteiger partial charge is 0.278 e. The number of carbonyl (C=O) groups excluding carboxylic acids is 1. The van der Waals surface area contributed by atoms with Gasteiger partial charge in [-0.3, -0.25) is 4.79 Å². The molecule has 29 heavy (non-hydrogen) atoms. The van der Waals surface area contributed by atoms with Crippen molar-refractivity contribution >= 4 is 33.2 Å². The molecule has 3 aromatic carbocycles. The van der Waals surface area contributed by atoms with E-state index in [1.807, 2.05) is 6.92 Å². The topological polar surface area (TPSA) is 63.7 Å². The molecule has 1 amide bonds. The zero-order valence-corrected chi connectivity index (χ0v) is 17.6. The number of hydrogen-bond donors (Lipinski definition) is 0. The fraction of sp³-hybridized carbons (Fsp3) is 0.136. The summed E-state index contributed by atoms with van der Waals surface area (Å²) in [7, 11) is -4.11. The van der Waals surface area contributed by atoms with E-state index < -0.39 is 22.5 Å². The molecule has 0 heterocycles. The largest absolute Gasteiger partial charge is 0.483 e. The summed E-state index contributed by atoms with van der Waals surface area (Å²) in [6.07, 6.45) is 0. The summed E-state index contributed by atoms with van der Waals surface area (Å²) in [5, 5.41) is 0.550. The van der Waals surface area contributed by atoms with Gasteiger partial charge < -0.3 is 4.74 Å². The molecule has 0 aliphatic rings. The van der Waals surface area contributed by atoms with Crippen molar-refractivity contribution in [1.82, 2.24) is 0 Å². The summed E-state index contributed by atoms with van der Waals surface area (Å²) in [5.41, 5.74) is 1.91. The fourth-order valence-corrected chi connectivity index (χ4v) is 4.41. The lowest BCUT2D eigenvalue weighted by Gasteiger charge is -2.23. The van der Waals surface area contributed by atoms with E-state index >= 15 is 0 Å². The van der Waals surface area contributed by atoms with Crippen LogP contribution in [-0.4, -0.2) is 20.9 Å². The van der Waals surface area contributed by atoms with Crippen LogP contribution >= 0.6 is 11.6 Å². The monoisotopic (exact) mass is 429 g/mol. The highest BCUT2D eigenvalue weighted by Gasteiger charge is 2.31. The van der Waals surface area contributed by atoms with Crippen molar-refractivity contribution in [2.24, 2.45) is 0 Å². The van der Waals surface area contributed by atoms with Crippen molar-refractivity contribution in [3.05, 3.63) is 88.9 Å². The number of rotatable bonds is 6. The third-order valence-corrected chi connectivity index (χ3v) is 6.26. The summed E-state index contributed by atoms with van der Waals surface area (Å²) in [6.45, 7) is 3.21. The average Bonchev–Trinajstić information content (AvgIpc) is 2.68. The van der Waals surface area contributed by atoms with Crippen LogP contribution in [0.5, 0.6) is 5.75 Å². The molecule has 0 radical (unpaired) electrons. The molecule has 0 fully saturated rings. The summed E-state index contributed by atoms with van der Waals surface area (Å²) in [6, 6.07) is 19.6. The van der Waals surface area contributed by atoms with E-state index in [1.54, 1.807) is 67.6 Å². The molecule has 0 aliphatic carbocycles. The predicted molar refractivity (Wildman–Crippen MR) is 114 cm³/mol. The standard InChI is InChI=1S/C22H20ClNO4S/c1-16-8-11-20(12-9-16)29(26,27)24(19-6-4-3-5-7-19)22(25)15-28-21-13-10-18(23)14-17(21)2/h3-14H,15H2,1-2H3. The molecule has 150 valence electrons. The van der Waals surface area contributed by atoms with Gasteiger partial charge in [0.05, 0.1) is 10.6 Å². The molecule has 0 N–H and O–H groups in total. The number of para-hydroxylation sites is 1. The summed E-state index contributed by atoms with van der Waals surface area (Å²) in [5.74, 6) is -0.241. The van der Waals surface area contributed by atoms with Gasteiger partial charge in [0.2, 0.25) is 0 Å². The lowest BCUT2D eigenvalue weighted by atomic mass is 10.2. The number of amides is 1. The number of aryl methyl sites for hydroxylation is 2. The van der Waals surface area contributed by atoms with Crippen molar-refractivity contribution in [2.45, 2.75) is 18.7 Å². The first kappa shape index (κ1) is 20.9. The highest BCUT2D eigenvalue weighted by Crippen LogP contribution is 2.26. The Kier molecular flexibility index (Phi) is 6.25. The van der Waals surface area contributed by atoms with Crippen molar-refractivity contribution in [2.75, 3.05) is 10.9 Å². The summed E-state index contributed by atoms with van der Waals surface area (Å²) in [4.78, 5) is 13.0. The second kappa shape index (κ2) is 8.68. The molecule has 7 heteroatoms. The van der Waals surface area contributed by atoms with Gasteiger partial charge in [-0.1, -0.05) is 47.5 Å². The van der Waals surface area contributed by atoms with Crippen molar-refractivity contribution in [3.8, 4) is 5.75 Å². The minimum atomic E-state index is -4.11. The minimum absolute atomic E-state index is 0.0305. The quantitative estimate of drug-likeness (QED) is 0.566. The first-order chi connectivity index (χ1) is 13.8. The maximum Gasteiger partial charge on any atom is 0.278 e. The second-order valence-electron chi connectivity index (χ2n) is 6.51. The van der Waals surface area contributed by atoms with Crippen molar-refractivity contribution in [1.29, 1.82) is 0 Å². The molecule has 0 unspecified atom stereocenters. The van der Waals surface area contributed by atoms with Crippen LogP contribution in [0.3, 0.4) is 0 Å². The molecule has 3 aromatic rings. The fourth-order valence-electron chi connectivity index (χ4n) is 2.77. The third-order valence-electron chi connectivity index (χ3n) is 4.26. The van der Waals surface area contributed by atoms with Gasteiger partial charge in [0.1, 0.15) is 5.75 Å². The molecule has 5 nitrogen and oxygen atoms in total. The van der Waals surface area contributed by atoms with E-state index in [0.29, 0.717) is 10.8 Å². The van der Waals surface area contributed by atoms with Crippen LogP contribution in [0.25, 0.3) is 0 Å². The van der Waals surface area contributed by atoms with Crippen LogP contribution in [0.4, 0.5) is 5.69 Å². The Labute approximate surface area is 175 Å². The van der Waals surface area contributed by atoms with Crippen LogP contribution in [0.15, 0.2) is 77.7 Å². The lowest BCUT2D eigenvalue weighted by molar-refractivity contribution is -0.119. The van der Waals surface area contributed by atoms with E-state index in [0.717, 1.165) is 15.4 Å². The van der Waals surface area contributed by atoms with Gasteiger partial charge in [-0.05, 0) is 61.9 Å². The lowest BCUT2D eigenvalue weighted by Crippen LogP contribution is -2.40. The highest BCUT2D eigenvalue weighted by molar-refractivity contribution is 7.93. The number of nitrogens with zero attached hydrogens (tertiary/aromatic N) is 1. The molecule has 0 saturated heterocycles. The SMILES string of the molecule is Cc1ccc(S(=O)(=O)N(C(=O)COc2ccc(Cl)cc2C)c2ccccc2)cc1. The third kappa shape index (κ3) is 4.78.